The Balaban J connectivity index is 1.81. The van der Waals surface area contributed by atoms with Gasteiger partial charge in [-0.25, -0.2) is 0 Å². The highest BCUT2D eigenvalue weighted by Crippen LogP contribution is 2.26. The molecule has 24 heavy (non-hydrogen) atoms. The molecular formula is C18H15ClN2O3. The molecule has 3 rings (SSSR count). The number of hydrogen-bond acceptors (Lipinski definition) is 3. The zero-order valence-electron chi connectivity index (χ0n) is 12.7. The summed E-state index contributed by atoms with van der Waals surface area (Å²) in [4.78, 5) is 24.2. The maximum Gasteiger partial charge on any atom is 0.251 e. The van der Waals surface area contributed by atoms with E-state index in [9.17, 15) is 9.59 Å². The zero-order chi connectivity index (χ0) is 17.1. The number of ether oxygens (including phenoxy) is 1. The first-order valence-corrected chi connectivity index (χ1v) is 7.70. The van der Waals surface area contributed by atoms with E-state index in [-0.39, 0.29) is 6.61 Å². The molecule has 6 heteroatoms. The molecule has 0 bridgehead atoms. The molecule has 0 aliphatic carbocycles. The first-order valence-electron chi connectivity index (χ1n) is 7.32. The third-order valence-corrected chi connectivity index (χ3v) is 3.94. The van der Waals surface area contributed by atoms with E-state index in [0.29, 0.717) is 16.2 Å². The van der Waals surface area contributed by atoms with Gasteiger partial charge in [0, 0.05) is 10.6 Å². The third-order valence-electron chi connectivity index (χ3n) is 3.69. The van der Waals surface area contributed by atoms with E-state index >= 15 is 0 Å². The predicted octanol–water partition coefficient (Wildman–Crippen LogP) is 2.46. The summed E-state index contributed by atoms with van der Waals surface area (Å²) in [6.07, 6.45) is 1.74. The number of fused-ring (bicyclic) bond motifs is 1. The maximum absolute atomic E-state index is 12.5. The van der Waals surface area contributed by atoms with Crippen LogP contribution in [0.15, 0.2) is 54.1 Å². The number of hydrogen-bond donors (Lipinski definition) is 2. The number of carbonyl (C=O) groups excluding carboxylic acids is 2. The average Bonchev–Trinajstić information content (AvgIpc) is 2.59. The number of nitrogens with one attached hydrogen (secondary N) is 1. The lowest BCUT2D eigenvalue weighted by atomic mass is 10.0. The quantitative estimate of drug-likeness (QED) is 0.895. The minimum atomic E-state index is -0.937. The van der Waals surface area contributed by atoms with Gasteiger partial charge in [-0.2, -0.15) is 0 Å². The van der Waals surface area contributed by atoms with Crippen LogP contribution in [0.4, 0.5) is 0 Å². The summed E-state index contributed by atoms with van der Waals surface area (Å²) in [5, 5.41) is 3.18. The van der Waals surface area contributed by atoms with Crippen LogP contribution in [0, 0.1) is 0 Å². The minimum Gasteiger partial charge on any atom is -0.488 e. The number of carbonyl (C=O) groups is 2. The second-order valence-electron chi connectivity index (χ2n) is 5.36. The summed E-state index contributed by atoms with van der Waals surface area (Å²) in [5.41, 5.74) is 7.23. The normalized spacial score (nSPS) is 14.0. The fraction of sp³-hybridized carbons (Fsp3) is 0.111. The molecule has 1 atom stereocenters. The van der Waals surface area contributed by atoms with E-state index in [4.69, 9.17) is 22.1 Å². The van der Waals surface area contributed by atoms with Gasteiger partial charge in [-0.1, -0.05) is 41.9 Å². The minimum absolute atomic E-state index is 0.134. The standard InChI is InChI=1S/C18H15ClN2O3/c19-14-7-5-11(6-8-14)16(17(20)22)21-18(23)13-9-12-3-1-2-4-15(12)24-10-13/h1-9,16H,10H2,(H2,20,22)(H,21,23)/t16-/m1/s1. The Hall–Kier alpha value is -2.79. The fourth-order valence-electron chi connectivity index (χ4n) is 2.44. The van der Waals surface area contributed by atoms with Crippen molar-refractivity contribution in [1.82, 2.24) is 5.32 Å². The average molecular weight is 343 g/mol. The van der Waals surface area contributed by atoms with E-state index in [0.717, 1.165) is 11.3 Å². The molecule has 0 saturated carbocycles. The molecule has 1 aliphatic rings. The highest BCUT2D eigenvalue weighted by molar-refractivity contribution is 6.30. The Kier molecular flexibility index (Phi) is 4.53. The van der Waals surface area contributed by atoms with Crippen molar-refractivity contribution in [1.29, 1.82) is 0 Å². The molecule has 2 aromatic rings. The van der Waals surface area contributed by atoms with Crippen LogP contribution < -0.4 is 15.8 Å². The molecule has 0 aromatic heterocycles. The third kappa shape index (κ3) is 3.41. The van der Waals surface area contributed by atoms with Gasteiger partial charge >= 0.3 is 0 Å². The summed E-state index contributed by atoms with van der Waals surface area (Å²) >= 11 is 5.84. The highest BCUT2D eigenvalue weighted by Gasteiger charge is 2.24. The summed E-state index contributed by atoms with van der Waals surface area (Å²) in [5.74, 6) is -0.329. The number of nitrogens with two attached hydrogens (primary N) is 1. The number of para-hydroxylation sites is 1. The van der Waals surface area contributed by atoms with Crippen LogP contribution >= 0.6 is 11.6 Å². The van der Waals surface area contributed by atoms with Crippen LogP contribution in [-0.4, -0.2) is 18.4 Å². The maximum atomic E-state index is 12.5. The number of halogens is 1. The van der Waals surface area contributed by atoms with Crippen LogP contribution in [0.1, 0.15) is 17.2 Å². The Morgan fingerprint density at radius 3 is 2.54 bits per heavy atom. The first-order chi connectivity index (χ1) is 11.5. The van der Waals surface area contributed by atoms with E-state index in [1.165, 1.54) is 0 Å². The van der Waals surface area contributed by atoms with Crippen molar-refractivity contribution in [3.8, 4) is 5.75 Å². The zero-order valence-corrected chi connectivity index (χ0v) is 13.4. The van der Waals surface area contributed by atoms with Crippen LogP contribution in [0.2, 0.25) is 5.02 Å². The van der Waals surface area contributed by atoms with Gasteiger partial charge in [0.25, 0.3) is 5.91 Å². The molecule has 3 N–H and O–H groups in total. The van der Waals surface area contributed by atoms with Gasteiger partial charge in [0.05, 0.1) is 5.57 Å². The second-order valence-corrected chi connectivity index (χ2v) is 5.79. The molecule has 0 fully saturated rings. The van der Waals surface area contributed by atoms with Gasteiger partial charge in [0.1, 0.15) is 18.4 Å². The molecule has 2 aromatic carbocycles. The fourth-order valence-corrected chi connectivity index (χ4v) is 2.57. The molecule has 2 amide bonds. The van der Waals surface area contributed by atoms with Crippen LogP contribution in [0.25, 0.3) is 6.08 Å². The van der Waals surface area contributed by atoms with Crippen molar-refractivity contribution in [2.45, 2.75) is 6.04 Å². The van der Waals surface area contributed by atoms with Gasteiger partial charge in [-0.3, -0.25) is 9.59 Å². The summed E-state index contributed by atoms with van der Waals surface area (Å²) in [6, 6.07) is 13.1. The Morgan fingerprint density at radius 1 is 1.12 bits per heavy atom. The molecule has 1 heterocycles. The molecule has 122 valence electrons. The molecule has 0 spiro atoms. The van der Waals surface area contributed by atoms with Crippen LogP contribution in [-0.2, 0) is 9.59 Å². The highest BCUT2D eigenvalue weighted by atomic mass is 35.5. The lowest BCUT2D eigenvalue weighted by Crippen LogP contribution is -2.39. The van der Waals surface area contributed by atoms with Crippen molar-refractivity contribution in [3.63, 3.8) is 0 Å². The van der Waals surface area contributed by atoms with Crippen LogP contribution in [0.3, 0.4) is 0 Å². The van der Waals surface area contributed by atoms with Gasteiger partial charge in [0.2, 0.25) is 5.91 Å². The Labute approximate surface area is 144 Å². The number of rotatable bonds is 4. The molecule has 5 nitrogen and oxygen atoms in total. The summed E-state index contributed by atoms with van der Waals surface area (Å²) < 4.78 is 5.56. The Morgan fingerprint density at radius 2 is 1.83 bits per heavy atom. The van der Waals surface area contributed by atoms with E-state index in [1.54, 1.807) is 30.3 Å². The van der Waals surface area contributed by atoms with Crippen molar-refractivity contribution >= 4 is 29.5 Å². The topological polar surface area (TPSA) is 81.4 Å². The SMILES string of the molecule is NC(=O)[C@H](NC(=O)C1=Cc2ccccc2OC1)c1ccc(Cl)cc1. The Bertz CT molecular complexity index is 815. The van der Waals surface area contributed by atoms with E-state index in [1.807, 2.05) is 24.3 Å². The second kappa shape index (κ2) is 6.76. The van der Waals surface area contributed by atoms with Gasteiger partial charge in [-0.05, 0) is 29.8 Å². The van der Waals surface area contributed by atoms with Gasteiger partial charge < -0.3 is 15.8 Å². The number of amides is 2. The lowest BCUT2D eigenvalue weighted by Gasteiger charge is -2.20. The monoisotopic (exact) mass is 342 g/mol. The van der Waals surface area contributed by atoms with Crippen molar-refractivity contribution < 1.29 is 14.3 Å². The number of primary amides is 1. The lowest BCUT2D eigenvalue weighted by molar-refractivity contribution is -0.125. The largest absolute Gasteiger partial charge is 0.488 e. The van der Waals surface area contributed by atoms with Gasteiger partial charge in [-0.15, -0.1) is 0 Å². The first kappa shape index (κ1) is 16.1. The molecule has 0 unspecified atom stereocenters. The predicted molar refractivity (Wildman–Crippen MR) is 91.4 cm³/mol. The van der Waals surface area contributed by atoms with Crippen molar-refractivity contribution in [2.75, 3.05) is 6.61 Å². The molecule has 1 aliphatic heterocycles. The van der Waals surface area contributed by atoms with Crippen LogP contribution in [0.5, 0.6) is 5.75 Å². The van der Waals surface area contributed by atoms with Gasteiger partial charge in [0.15, 0.2) is 0 Å². The molecule has 0 radical (unpaired) electrons. The smallest absolute Gasteiger partial charge is 0.251 e. The van der Waals surface area contributed by atoms with E-state index < -0.39 is 17.9 Å². The summed E-state index contributed by atoms with van der Waals surface area (Å²) in [6.45, 7) is 0.134. The van der Waals surface area contributed by atoms with Crippen molar-refractivity contribution in [2.24, 2.45) is 5.73 Å². The van der Waals surface area contributed by atoms with E-state index in [2.05, 4.69) is 5.32 Å². The van der Waals surface area contributed by atoms with Crippen molar-refractivity contribution in [3.05, 3.63) is 70.3 Å². The number of benzene rings is 2. The molecule has 0 saturated heterocycles. The summed E-state index contributed by atoms with van der Waals surface area (Å²) in [7, 11) is 0. The molecular weight excluding hydrogens is 328 g/mol.